The van der Waals surface area contributed by atoms with E-state index in [1.165, 1.54) is 0 Å². The van der Waals surface area contributed by atoms with Crippen LogP contribution in [0.15, 0.2) is 12.1 Å². The summed E-state index contributed by atoms with van der Waals surface area (Å²) in [6.45, 7) is 4.25. The molecule has 0 amide bonds. The zero-order valence-corrected chi connectivity index (χ0v) is 10.4. The Kier molecular flexibility index (Phi) is 3.86. The average molecular weight is 246 g/mol. The Morgan fingerprint density at radius 3 is 3.20 bits per heavy atom. The van der Waals surface area contributed by atoms with E-state index < -0.39 is 0 Å². The number of hydrogen-bond donors (Lipinski definition) is 2. The van der Waals surface area contributed by atoms with Gasteiger partial charge >= 0.3 is 0 Å². The third-order valence-corrected chi connectivity index (χ3v) is 3.92. The van der Waals surface area contributed by atoms with E-state index in [9.17, 15) is 0 Å². The van der Waals surface area contributed by atoms with Crippen LogP contribution in [0, 0.1) is 0 Å². The largest absolute Gasteiger partial charge is 0.375 e. The first-order valence-corrected chi connectivity index (χ1v) is 6.35. The smallest absolute Gasteiger partial charge is 0.0950 e. The minimum absolute atomic E-state index is 0.569. The van der Waals surface area contributed by atoms with E-state index in [-0.39, 0.29) is 0 Å². The van der Waals surface area contributed by atoms with Crippen LogP contribution in [0.1, 0.15) is 0 Å². The molecular formula is C10H16ClN3S. The molecule has 1 aromatic heterocycles. The molecule has 0 aliphatic carbocycles. The third kappa shape index (κ3) is 3.08. The Balaban J connectivity index is 1.81. The van der Waals surface area contributed by atoms with Crippen LogP contribution in [0.3, 0.4) is 0 Å². The lowest BCUT2D eigenvalue weighted by atomic mass is 10.2. The number of halogens is 1. The molecule has 0 radical (unpaired) electrons. The molecule has 0 spiro atoms. The second-order valence-electron chi connectivity index (χ2n) is 3.82. The molecule has 84 valence electrons. The van der Waals surface area contributed by atoms with Gasteiger partial charge in [0, 0.05) is 32.2 Å². The highest BCUT2D eigenvalue weighted by Crippen LogP contribution is 2.25. The van der Waals surface area contributed by atoms with Crippen molar-refractivity contribution in [2.45, 2.75) is 6.04 Å². The summed E-state index contributed by atoms with van der Waals surface area (Å²) >= 11 is 7.46. The van der Waals surface area contributed by atoms with Crippen molar-refractivity contribution in [2.75, 3.05) is 38.5 Å². The Bertz CT molecular complexity index is 315. The highest BCUT2D eigenvalue weighted by molar-refractivity contribution is 7.19. The normalized spacial score (nSPS) is 22.9. The summed E-state index contributed by atoms with van der Waals surface area (Å²) in [5.41, 5.74) is 0. The van der Waals surface area contributed by atoms with Crippen LogP contribution in [0.5, 0.6) is 0 Å². The minimum Gasteiger partial charge on any atom is -0.375 e. The van der Waals surface area contributed by atoms with Gasteiger partial charge in [0.25, 0.3) is 0 Å². The number of nitrogens with one attached hydrogen (secondary N) is 2. The summed E-state index contributed by atoms with van der Waals surface area (Å²) in [6, 6.07) is 4.53. The van der Waals surface area contributed by atoms with Crippen molar-refractivity contribution < 1.29 is 0 Å². The topological polar surface area (TPSA) is 27.3 Å². The van der Waals surface area contributed by atoms with Gasteiger partial charge in [-0.25, -0.2) is 0 Å². The van der Waals surface area contributed by atoms with Gasteiger partial charge < -0.3 is 10.6 Å². The maximum atomic E-state index is 5.87. The third-order valence-electron chi connectivity index (χ3n) is 2.73. The molecule has 1 unspecified atom stereocenters. The van der Waals surface area contributed by atoms with Crippen LogP contribution in [-0.4, -0.2) is 44.2 Å². The molecule has 2 N–H and O–H groups in total. The maximum Gasteiger partial charge on any atom is 0.0950 e. The maximum absolute atomic E-state index is 5.87. The van der Waals surface area contributed by atoms with Crippen LogP contribution >= 0.6 is 22.9 Å². The van der Waals surface area contributed by atoms with Crippen molar-refractivity contribution in [1.29, 1.82) is 0 Å². The summed E-state index contributed by atoms with van der Waals surface area (Å²) in [6.07, 6.45) is 0. The predicted molar refractivity (Wildman–Crippen MR) is 67.1 cm³/mol. The quantitative estimate of drug-likeness (QED) is 0.849. The lowest BCUT2D eigenvalue weighted by molar-refractivity contribution is 0.209. The molecule has 2 heterocycles. The van der Waals surface area contributed by atoms with E-state index in [1.807, 2.05) is 12.1 Å². The molecule has 1 saturated heterocycles. The fourth-order valence-electron chi connectivity index (χ4n) is 1.72. The second-order valence-corrected chi connectivity index (χ2v) is 5.54. The van der Waals surface area contributed by atoms with Crippen molar-refractivity contribution in [3.8, 4) is 0 Å². The first-order chi connectivity index (χ1) is 7.25. The molecular weight excluding hydrogens is 230 g/mol. The van der Waals surface area contributed by atoms with E-state index in [0.717, 1.165) is 35.5 Å². The second kappa shape index (κ2) is 5.16. The minimum atomic E-state index is 0.569. The number of hydrogen-bond acceptors (Lipinski definition) is 4. The lowest BCUT2D eigenvalue weighted by Crippen LogP contribution is -2.52. The standard InChI is InChI=1S/C10H16ClN3S/c1-14-5-4-12-6-8(14)7-13-10-3-2-9(11)15-10/h2-3,8,12-13H,4-7H2,1H3. The summed E-state index contributed by atoms with van der Waals surface area (Å²) in [5, 5.41) is 7.97. The van der Waals surface area contributed by atoms with Gasteiger partial charge in [-0.15, -0.1) is 11.3 Å². The average Bonchev–Trinajstić information content (AvgIpc) is 2.63. The SMILES string of the molecule is CN1CCNCC1CNc1ccc(Cl)s1. The molecule has 5 heteroatoms. The summed E-state index contributed by atoms with van der Waals surface area (Å²) in [5.74, 6) is 0. The van der Waals surface area contributed by atoms with Gasteiger partial charge in [0.05, 0.1) is 9.34 Å². The molecule has 3 nitrogen and oxygen atoms in total. The van der Waals surface area contributed by atoms with Gasteiger partial charge in [-0.1, -0.05) is 11.6 Å². The van der Waals surface area contributed by atoms with Gasteiger partial charge in [-0.2, -0.15) is 0 Å². The summed E-state index contributed by atoms with van der Waals surface area (Å²) in [4.78, 5) is 2.39. The van der Waals surface area contributed by atoms with E-state index in [4.69, 9.17) is 11.6 Å². The van der Waals surface area contributed by atoms with Gasteiger partial charge in [0.1, 0.15) is 0 Å². The molecule has 0 bridgehead atoms. The molecule has 15 heavy (non-hydrogen) atoms. The molecule has 0 saturated carbocycles. The van der Waals surface area contributed by atoms with Gasteiger partial charge in [0.2, 0.25) is 0 Å². The number of nitrogens with zero attached hydrogens (tertiary/aromatic N) is 1. The molecule has 1 aliphatic heterocycles. The van der Waals surface area contributed by atoms with Gasteiger partial charge in [-0.05, 0) is 19.2 Å². The fraction of sp³-hybridized carbons (Fsp3) is 0.600. The predicted octanol–water partition coefficient (Wildman–Crippen LogP) is 1.72. The van der Waals surface area contributed by atoms with Crippen LogP contribution < -0.4 is 10.6 Å². The number of likely N-dealkylation sites (N-methyl/N-ethyl adjacent to an activating group) is 1. The van der Waals surface area contributed by atoms with Crippen molar-refractivity contribution in [3.63, 3.8) is 0 Å². The zero-order valence-electron chi connectivity index (χ0n) is 8.79. The summed E-state index contributed by atoms with van der Waals surface area (Å²) < 4.78 is 0.840. The van der Waals surface area contributed by atoms with E-state index in [1.54, 1.807) is 11.3 Å². The first-order valence-electron chi connectivity index (χ1n) is 5.16. The number of anilines is 1. The van der Waals surface area contributed by atoms with Crippen molar-refractivity contribution in [2.24, 2.45) is 0 Å². The van der Waals surface area contributed by atoms with Crippen molar-refractivity contribution in [1.82, 2.24) is 10.2 Å². The Labute approximate surface area is 99.4 Å². The Morgan fingerprint density at radius 2 is 2.53 bits per heavy atom. The molecule has 1 aliphatic rings. The lowest BCUT2D eigenvalue weighted by Gasteiger charge is -2.33. The Morgan fingerprint density at radius 1 is 1.67 bits per heavy atom. The zero-order chi connectivity index (χ0) is 10.7. The van der Waals surface area contributed by atoms with E-state index in [2.05, 4.69) is 22.6 Å². The molecule has 2 rings (SSSR count). The van der Waals surface area contributed by atoms with Crippen LogP contribution in [-0.2, 0) is 0 Å². The molecule has 1 aromatic rings. The van der Waals surface area contributed by atoms with Crippen LogP contribution in [0.25, 0.3) is 0 Å². The van der Waals surface area contributed by atoms with Crippen LogP contribution in [0.2, 0.25) is 4.34 Å². The molecule has 0 aromatic carbocycles. The monoisotopic (exact) mass is 245 g/mol. The van der Waals surface area contributed by atoms with Gasteiger partial charge in [0.15, 0.2) is 0 Å². The number of piperazine rings is 1. The van der Waals surface area contributed by atoms with E-state index >= 15 is 0 Å². The fourth-order valence-corrected chi connectivity index (χ4v) is 2.67. The van der Waals surface area contributed by atoms with Crippen molar-refractivity contribution >= 4 is 27.9 Å². The molecule has 1 fully saturated rings. The van der Waals surface area contributed by atoms with Crippen LogP contribution in [0.4, 0.5) is 5.00 Å². The first kappa shape index (κ1) is 11.2. The Hall–Kier alpha value is -0.290. The van der Waals surface area contributed by atoms with Crippen molar-refractivity contribution in [3.05, 3.63) is 16.5 Å². The highest BCUT2D eigenvalue weighted by Gasteiger charge is 2.17. The molecule has 1 atom stereocenters. The number of rotatable bonds is 3. The highest BCUT2D eigenvalue weighted by atomic mass is 35.5. The number of thiophene rings is 1. The summed E-state index contributed by atoms with van der Waals surface area (Å²) in [7, 11) is 2.18. The van der Waals surface area contributed by atoms with E-state index in [0.29, 0.717) is 6.04 Å². The van der Waals surface area contributed by atoms with Gasteiger partial charge in [-0.3, -0.25) is 4.90 Å².